The number of amides is 1. The summed E-state index contributed by atoms with van der Waals surface area (Å²) in [6, 6.07) is 14.0. The minimum Gasteiger partial charge on any atom is -0.368 e. The Balaban J connectivity index is 1.26. The van der Waals surface area contributed by atoms with Gasteiger partial charge in [0.15, 0.2) is 0 Å². The normalized spacial score (nSPS) is 14.6. The zero-order valence-electron chi connectivity index (χ0n) is 17.9. The number of aromatic nitrogens is 1. The van der Waals surface area contributed by atoms with E-state index >= 15 is 0 Å². The maximum atomic E-state index is 12.1. The quantitative estimate of drug-likeness (QED) is 0.325. The lowest BCUT2D eigenvalue weighted by molar-refractivity contribution is -0.385. The number of hydrazone groups is 1. The molecular formula is C23H23ClN6O3. The SMILES string of the molecule is O=C(CCN1CCN(c2ccnc3cc(Cl)ccc23)CC1)N/N=C/c1ccccc1[N+](=O)[O-]. The highest BCUT2D eigenvalue weighted by Crippen LogP contribution is 2.28. The van der Waals surface area contributed by atoms with Gasteiger partial charge in [-0.2, -0.15) is 5.10 Å². The lowest BCUT2D eigenvalue weighted by Crippen LogP contribution is -2.47. The highest BCUT2D eigenvalue weighted by atomic mass is 35.5. The Morgan fingerprint density at radius 3 is 2.76 bits per heavy atom. The van der Waals surface area contributed by atoms with Gasteiger partial charge >= 0.3 is 0 Å². The first-order valence-electron chi connectivity index (χ1n) is 10.6. The Kier molecular flexibility index (Phi) is 7.11. The zero-order valence-corrected chi connectivity index (χ0v) is 18.6. The first kappa shape index (κ1) is 22.6. The summed E-state index contributed by atoms with van der Waals surface area (Å²) in [5, 5.41) is 16.6. The van der Waals surface area contributed by atoms with Crippen molar-refractivity contribution < 1.29 is 9.72 Å². The van der Waals surface area contributed by atoms with E-state index in [-0.39, 0.29) is 11.6 Å². The maximum Gasteiger partial charge on any atom is 0.278 e. The summed E-state index contributed by atoms with van der Waals surface area (Å²) in [7, 11) is 0. The van der Waals surface area contributed by atoms with Gasteiger partial charge in [-0.05, 0) is 30.3 Å². The molecule has 3 aromatic rings. The Morgan fingerprint density at radius 2 is 1.97 bits per heavy atom. The molecule has 1 fully saturated rings. The third-order valence-corrected chi connectivity index (χ3v) is 5.81. The molecule has 2 aromatic carbocycles. The first-order valence-corrected chi connectivity index (χ1v) is 11.0. The summed E-state index contributed by atoms with van der Waals surface area (Å²) in [6.07, 6.45) is 3.39. The number of rotatable bonds is 7. The van der Waals surface area contributed by atoms with Crippen molar-refractivity contribution in [3.63, 3.8) is 0 Å². The van der Waals surface area contributed by atoms with Crippen LogP contribution in [0.4, 0.5) is 11.4 Å². The van der Waals surface area contributed by atoms with Gasteiger partial charge in [0.05, 0.1) is 22.2 Å². The number of nitro benzene ring substituents is 1. The van der Waals surface area contributed by atoms with Gasteiger partial charge in [0.25, 0.3) is 5.69 Å². The molecule has 1 amide bonds. The molecule has 0 bridgehead atoms. The summed E-state index contributed by atoms with van der Waals surface area (Å²) >= 11 is 6.09. The van der Waals surface area contributed by atoms with Gasteiger partial charge in [-0.3, -0.25) is 24.8 Å². The second kappa shape index (κ2) is 10.4. The number of halogens is 1. The fourth-order valence-electron chi connectivity index (χ4n) is 3.85. The molecule has 10 heteroatoms. The number of nitro groups is 1. The van der Waals surface area contributed by atoms with Crippen LogP contribution in [-0.4, -0.2) is 59.7 Å². The molecule has 1 aliphatic heterocycles. The Morgan fingerprint density at radius 1 is 1.18 bits per heavy atom. The van der Waals surface area contributed by atoms with Crippen LogP contribution in [-0.2, 0) is 4.79 Å². The van der Waals surface area contributed by atoms with Crippen LogP contribution >= 0.6 is 11.6 Å². The molecular weight excluding hydrogens is 444 g/mol. The van der Waals surface area contributed by atoms with Crippen molar-refractivity contribution in [2.24, 2.45) is 5.10 Å². The second-order valence-electron chi connectivity index (χ2n) is 7.68. The lowest BCUT2D eigenvalue weighted by Gasteiger charge is -2.36. The highest BCUT2D eigenvalue weighted by molar-refractivity contribution is 6.31. The summed E-state index contributed by atoms with van der Waals surface area (Å²) in [5.74, 6) is -0.232. The van der Waals surface area contributed by atoms with Crippen molar-refractivity contribution in [3.05, 3.63) is 75.4 Å². The number of piperazine rings is 1. The van der Waals surface area contributed by atoms with Crippen molar-refractivity contribution in [2.45, 2.75) is 6.42 Å². The average molecular weight is 467 g/mol. The van der Waals surface area contributed by atoms with Crippen molar-refractivity contribution in [3.8, 4) is 0 Å². The highest BCUT2D eigenvalue weighted by Gasteiger charge is 2.19. The average Bonchev–Trinajstić information content (AvgIpc) is 2.83. The molecule has 1 aromatic heterocycles. The zero-order chi connectivity index (χ0) is 23.2. The largest absolute Gasteiger partial charge is 0.368 e. The van der Waals surface area contributed by atoms with Crippen LogP contribution in [0.25, 0.3) is 10.9 Å². The molecule has 4 rings (SSSR count). The first-order chi connectivity index (χ1) is 16.0. The molecule has 170 valence electrons. The van der Waals surface area contributed by atoms with Crippen LogP contribution in [0.3, 0.4) is 0 Å². The van der Waals surface area contributed by atoms with Crippen LogP contribution in [0.2, 0.25) is 5.02 Å². The number of hydrogen-bond acceptors (Lipinski definition) is 7. The number of carbonyl (C=O) groups is 1. The van der Waals surface area contributed by atoms with Crippen molar-refractivity contribution in [2.75, 3.05) is 37.6 Å². The summed E-state index contributed by atoms with van der Waals surface area (Å²) in [4.78, 5) is 31.7. The van der Waals surface area contributed by atoms with Crippen molar-refractivity contribution in [1.82, 2.24) is 15.3 Å². The summed E-state index contributed by atoms with van der Waals surface area (Å²) in [6.45, 7) is 3.99. The number of carbonyl (C=O) groups excluding carboxylic acids is 1. The van der Waals surface area contributed by atoms with Crippen molar-refractivity contribution in [1.29, 1.82) is 0 Å². The van der Waals surface area contributed by atoms with E-state index in [1.807, 2.05) is 24.3 Å². The molecule has 1 aliphatic rings. The van der Waals surface area contributed by atoms with Gasteiger partial charge in [0, 0.05) is 67.5 Å². The van der Waals surface area contributed by atoms with Gasteiger partial charge in [-0.15, -0.1) is 0 Å². The van der Waals surface area contributed by atoms with Crippen molar-refractivity contribution >= 4 is 46.0 Å². The third-order valence-electron chi connectivity index (χ3n) is 5.58. The van der Waals surface area contributed by atoms with Gasteiger partial charge in [-0.1, -0.05) is 23.7 Å². The van der Waals surface area contributed by atoms with Crippen LogP contribution in [0.15, 0.2) is 59.8 Å². The van der Waals surface area contributed by atoms with E-state index in [1.54, 1.807) is 24.4 Å². The summed E-state index contributed by atoms with van der Waals surface area (Å²) in [5.41, 5.74) is 4.74. The van der Waals surface area contributed by atoms with E-state index in [1.165, 1.54) is 12.3 Å². The predicted molar refractivity (Wildman–Crippen MR) is 129 cm³/mol. The Bertz CT molecular complexity index is 1190. The number of nitrogens with one attached hydrogen (secondary N) is 1. The number of hydrogen-bond donors (Lipinski definition) is 1. The number of fused-ring (bicyclic) bond motifs is 1. The smallest absolute Gasteiger partial charge is 0.278 e. The van der Waals surface area contributed by atoms with Crippen LogP contribution in [0.5, 0.6) is 0 Å². The van der Waals surface area contributed by atoms with E-state index in [9.17, 15) is 14.9 Å². The van der Waals surface area contributed by atoms with E-state index < -0.39 is 4.92 Å². The number of nitrogens with zero attached hydrogens (tertiary/aromatic N) is 5. The molecule has 0 aliphatic carbocycles. The number of para-hydroxylation sites is 1. The molecule has 0 radical (unpaired) electrons. The molecule has 1 saturated heterocycles. The minimum absolute atomic E-state index is 0.0570. The third kappa shape index (κ3) is 5.63. The monoisotopic (exact) mass is 466 g/mol. The molecule has 0 saturated carbocycles. The van der Waals surface area contributed by atoms with Crippen LogP contribution in [0.1, 0.15) is 12.0 Å². The van der Waals surface area contributed by atoms with Gasteiger partial charge in [0.2, 0.25) is 5.91 Å². The van der Waals surface area contributed by atoms with Gasteiger partial charge in [0.1, 0.15) is 0 Å². The molecule has 0 unspecified atom stereocenters. The topological polar surface area (TPSA) is 104 Å². The standard InChI is InChI=1S/C23H23ClN6O3/c24-18-5-6-19-20(15-18)25-9-7-22(19)29-13-11-28(12-14-29)10-8-23(31)27-26-16-17-3-1-2-4-21(17)30(32)33/h1-7,9,15-16H,8,10-14H2,(H,27,31)/b26-16+. The van der Waals surface area contributed by atoms with Gasteiger partial charge in [-0.25, -0.2) is 5.43 Å². The molecule has 0 spiro atoms. The number of anilines is 1. The molecule has 9 nitrogen and oxygen atoms in total. The van der Waals surface area contributed by atoms with Crippen LogP contribution in [0, 0.1) is 10.1 Å². The van der Waals surface area contributed by atoms with Gasteiger partial charge < -0.3 is 4.90 Å². The molecule has 2 heterocycles. The predicted octanol–water partition coefficient (Wildman–Crippen LogP) is 3.46. The number of benzene rings is 2. The fraction of sp³-hybridized carbons (Fsp3) is 0.261. The van der Waals surface area contributed by atoms with E-state index in [0.29, 0.717) is 23.6 Å². The van der Waals surface area contributed by atoms with E-state index in [0.717, 1.165) is 42.8 Å². The van der Waals surface area contributed by atoms with E-state index in [4.69, 9.17) is 11.6 Å². The second-order valence-corrected chi connectivity index (χ2v) is 8.12. The Labute approximate surface area is 195 Å². The minimum atomic E-state index is -0.479. The molecule has 0 atom stereocenters. The number of pyridine rings is 1. The van der Waals surface area contributed by atoms with Crippen LogP contribution < -0.4 is 10.3 Å². The fourth-order valence-corrected chi connectivity index (χ4v) is 4.01. The lowest BCUT2D eigenvalue weighted by atomic mass is 10.1. The molecule has 1 N–H and O–H groups in total. The maximum absolute atomic E-state index is 12.1. The van der Waals surface area contributed by atoms with E-state index in [2.05, 4.69) is 25.3 Å². The molecule has 33 heavy (non-hydrogen) atoms. The Hall–Kier alpha value is -3.56. The summed E-state index contributed by atoms with van der Waals surface area (Å²) < 4.78 is 0.